The largest absolute Gasteiger partial charge is 0.486 e. The van der Waals surface area contributed by atoms with Crippen LogP contribution in [0.1, 0.15) is 25.8 Å². The molecular formula is C18H15ClO3. The predicted molar refractivity (Wildman–Crippen MR) is 88.0 cm³/mol. The second-order valence-electron chi connectivity index (χ2n) is 6.33. The number of para-hydroxylation sites is 1. The van der Waals surface area contributed by atoms with E-state index in [9.17, 15) is 4.79 Å². The van der Waals surface area contributed by atoms with Crippen molar-refractivity contribution >= 4 is 33.5 Å². The van der Waals surface area contributed by atoms with Gasteiger partial charge in [-0.2, -0.15) is 0 Å². The molecule has 0 N–H and O–H groups in total. The molecule has 0 unspecified atom stereocenters. The van der Waals surface area contributed by atoms with E-state index in [0.717, 1.165) is 18.4 Å². The SMILES string of the molecule is CC1(C)CCc2c(c(Cl)cc3c(=O)c4ccccc4oc23)O1. The summed E-state index contributed by atoms with van der Waals surface area (Å²) in [6.45, 7) is 4.07. The number of benzene rings is 2. The summed E-state index contributed by atoms with van der Waals surface area (Å²) in [5.74, 6) is 0.642. The van der Waals surface area contributed by atoms with Crippen LogP contribution in [0.15, 0.2) is 39.5 Å². The summed E-state index contributed by atoms with van der Waals surface area (Å²) in [4.78, 5) is 12.7. The molecule has 1 aliphatic heterocycles. The fourth-order valence-corrected chi connectivity index (χ4v) is 3.30. The second-order valence-corrected chi connectivity index (χ2v) is 6.74. The number of fused-ring (bicyclic) bond motifs is 4. The molecule has 3 nitrogen and oxygen atoms in total. The van der Waals surface area contributed by atoms with Crippen LogP contribution < -0.4 is 10.2 Å². The molecule has 2 aromatic carbocycles. The van der Waals surface area contributed by atoms with Gasteiger partial charge in [0.15, 0.2) is 0 Å². The Labute approximate surface area is 132 Å². The smallest absolute Gasteiger partial charge is 0.200 e. The summed E-state index contributed by atoms with van der Waals surface area (Å²) >= 11 is 6.37. The number of ether oxygens (including phenoxy) is 1. The predicted octanol–water partition coefficient (Wildman–Crippen LogP) is 4.70. The van der Waals surface area contributed by atoms with Crippen molar-refractivity contribution in [1.29, 1.82) is 0 Å². The zero-order valence-corrected chi connectivity index (χ0v) is 13.2. The monoisotopic (exact) mass is 314 g/mol. The van der Waals surface area contributed by atoms with E-state index in [-0.39, 0.29) is 11.0 Å². The lowest BCUT2D eigenvalue weighted by Crippen LogP contribution is -2.33. The van der Waals surface area contributed by atoms with Crippen molar-refractivity contribution in [2.24, 2.45) is 0 Å². The zero-order chi connectivity index (χ0) is 15.5. The van der Waals surface area contributed by atoms with Crippen molar-refractivity contribution in [2.45, 2.75) is 32.3 Å². The highest BCUT2D eigenvalue weighted by atomic mass is 35.5. The van der Waals surface area contributed by atoms with Gasteiger partial charge in [-0.25, -0.2) is 0 Å². The number of hydrogen-bond donors (Lipinski definition) is 0. The normalized spacial score (nSPS) is 16.5. The lowest BCUT2D eigenvalue weighted by atomic mass is 9.93. The molecule has 0 spiro atoms. The van der Waals surface area contributed by atoms with Crippen LogP contribution in [0, 0.1) is 0 Å². The molecule has 0 aliphatic carbocycles. The molecular weight excluding hydrogens is 300 g/mol. The maximum Gasteiger partial charge on any atom is 0.200 e. The van der Waals surface area contributed by atoms with E-state index in [0.29, 0.717) is 32.7 Å². The Balaban J connectivity index is 2.14. The van der Waals surface area contributed by atoms with Gasteiger partial charge in [0.25, 0.3) is 0 Å². The lowest BCUT2D eigenvalue weighted by molar-refractivity contribution is 0.0851. The van der Waals surface area contributed by atoms with E-state index < -0.39 is 0 Å². The highest BCUT2D eigenvalue weighted by molar-refractivity contribution is 6.33. The number of aryl methyl sites for hydroxylation is 1. The first kappa shape index (κ1) is 13.6. The fourth-order valence-electron chi connectivity index (χ4n) is 3.04. The van der Waals surface area contributed by atoms with E-state index in [2.05, 4.69) is 0 Å². The Kier molecular flexibility index (Phi) is 2.79. The maximum atomic E-state index is 12.7. The molecule has 1 aromatic heterocycles. The van der Waals surface area contributed by atoms with Crippen LogP contribution in [0.2, 0.25) is 5.02 Å². The maximum absolute atomic E-state index is 12.7. The van der Waals surface area contributed by atoms with Gasteiger partial charge in [0.2, 0.25) is 5.43 Å². The Morgan fingerprint density at radius 2 is 1.95 bits per heavy atom. The Hall–Kier alpha value is -2.00. The van der Waals surface area contributed by atoms with Crippen LogP contribution in [0.5, 0.6) is 5.75 Å². The Morgan fingerprint density at radius 1 is 1.18 bits per heavy atom. The van der Waals surface area contributed by atoms with Crippen LogP contribution in [-0.4, -0.2) is 5.60 Å². The van der Waals surface area contributed by atoms with Crippen molar-refractivity contribution in [1.82, 2.24) is 0 Å². The average Bonchev–Trinajstić information content (AvgIpc) is 2.48. The molecule has 0 bridgehead atoms. The van der Waals surface area contributed by atoms with E-state index in [1.54, 1.807) is 12.1 Å². The molecule has 22 heavy (non-hydrogen) atoms. The molecule has 0 atom stereocenters. The number of hydrogen-bond acceptors (Lipinski definition) is 3. The summed E-state index contributed by atoms with van der Waals surface area (Å²) in [6, 6.07) is 8.93. The number of rotatable bonds is 0. The third-order valence-electron chi connectivity index (χ3n) is 4.22. The Morgan fingerprint density at radius 3 is 2.77 bits per heavy atom. The van der Waals surface area contributed by atoms with Gasteiger partial charge in [-0.05, 0) is 44.9 Å². The molecule has 2 heterocycles. The van der Waals surface area contributed by atoms with Gasteiger partial charge in [0, 0.05) is 5.56 Å². The topological polar surface area (TPSA) is 39.4 Å². The van der Waals surface area contributed by atoms with Gasteiger partial charge in [-0.15, -0.1) is 0 Å². The second kappa shape index (κ2) is 4.50. The molecule has 3 aromatic rings. The summed E-state index contributed by atoms with van der Waals surface area (Å²) in [5.41, 5.74) is 1.77. The van der Waals surface area contributed by atoms with Gasteiger partial charge in [-0.1, -0.05) is 23.7 Å². The molecule has 112 valence electrons. The lowest BCUT2D eigenvalue weighted by Gasteiger charge is -2.33. The highest BCUT2D eigenvalue weighted by Gasteiger charge is 2.31. The standard InChI is InChI=1S/C18H15ClO3/c1-18(2)8-7-11-16-12(9-13(19)17(11)22-18)15(20)10-5-3-4-6-14(10)21-16/h3-6,9H,7-8H2,1-2H3. The first-order valence-corrected chi connectivity index (χ1v) is 7.70. The first-order valence-electron chi connectivity index (χ1n) is 7.32. The summed E-state index contributed by atoms with van der Waals surface area (Å²) in [7, 11) is 0. The van der Waals surface area contributed by atoms with Crippen LogP contribution in [0.3, 0.4) is 0 Å². The van der Waals surface area contributed by atoms with Gasteiger partial charge in [-0.3, -0.25) is 4.79 Å². The van der Waals surface area contributed by atoms with Crippen LogP contribution in [0.25, 0.3) is 21.9 Å². The van der Waals surface area contributed by atoms with Crippen molar-refractivity contribution in [3.63, 3.8) is 0 Å². The molecule has 0 amide bonds. The minimum Gasteiger partial charge on any atom is -0.486 e. The minimum absolute atomic E-state index is 0.0496. The zero-order valence-electron chi connectivity index (χ0n) is 12.4. The molecule has 4 rings (SSSR count). The molecule has 4 heteroatoms. The van der Waals surface area contributed by atoms with E-state index in [1.165, 1.54) is 0 Å². The van der Waals surface area contributed by atoms with Crippen LogP contribution >= 0.6 is 11.6 Å². The minimum atomic E-state index is -0.262. The summed E-state index contributed by atoms with van der Waals surface area (Å²) in [6.07, 6.45) is 1.63. The third-order valence-corrected chi connectivity index (χ3v) is 4.51. The average molecular weight is 315 g/mol. The van der Waals surface area contributed by atoms with Gasteiger partial charge in [0.1, 0.15) is 22.5 Å². The molecule has 0 saturated carbocycles. The van der Waals surface area contributed by atoms with Crippen molar-refractivity contribution in [3.05, 3.63) is 51.1 Å². The Bertz CT molecular complexity index is 969. The molecule has 0 fully saturated rings. The van der Waals surface area contributed by atoms with Crippen LogP contribution in [0.4, 0.5) is 0 Å². The van der Waals surface area contributed by atoms with Gasteiger partial charge < -0.3 is 9.15 Å². The van der Waals surface area contributed by atoms with Crippen molar-refractivity contribution in [3.8, 4) is 5.75 Å². The highest BCUT2D eigenvalue weighted by Crippen LogP contribution is 2.42. The van der Waals surface area contributed by atoms with Gasteiger partial charge in [0.05, 0.1) is 15.8 Å². The molecule has 0 saturated heterocycles. The van der Waals surface area contributed by atoms with Crippen molar-refractivity contribution in [2.75, 3.05) is 0 Å². The third kappa shape index (κ3) is 1.92. The van der Waals surface area contributed by atoms with E-state index >= 15 is 0 Å². The number of halogens is 1. The quantitative estimate of drug-likeness (QED) is 0.564. The van der Waals surface area contributed by atoms with Gasteiger partial charge >= 0.3 is 0 Å². The summed E-state index contributed by atoms with van der Waals surface area (Å²) < 4.78 is 12.0. The van der Waals surface area contributed by atoms with E-state index in [4.69, 9.17) is 20.8 Å². The van der Waals surface area contributed by atoms with Crippen LogP contribution in [-0.2, 0) is 6.42 Å². The molecule has 0 radical (unpaired) electrons. The summed E-state index contributed by atoms with van der Waals surface area (Å²) in [5, 5.41) is 1.56. The fraction of sp³-hybridized carbons (Fsp3) is 0.278. The van der Waals surface area contributed by atoms with E-state index in [1.807, 2.05) is 32.0 Å². The van der Waals surface area contributed by atoms with Crippen molar-refractivity contribution < 1.29 is 9.15 Å². The molecule has 1 aliphatic rings. The first-order chi connectivity index (χ1) is 10.5.